The van der Waals surface area contributed by atoms with Crippen molar-refractivity contribution < 1.29 is 9.47 Å². The molecule has 4 rings (SSSR count). The van der Waals surface area contributed by atoms with Crippen LogP contribution >= 0.6 is 0 Å². The summed E-state index contributed by atoms with van der Waals surface area (Å²) >= 11 is 0. The summed E-state index contributed by atoms with van der Waals surface area (Å²) in [6, 6.07) is 7.80. The standard InChI is InChI=1S/C21H29N7O2/c1-2-22-20(26-15-17-4-5-18-19(14-17)30-16-29-18)23-8-9-27-10-12-28(13-11-27)21-24-6-3-7-25-21/h3-7,14H,2,8-13,15-16H2,1H3,(H2,22,23,26). The Morgan fingerprint density at radius 2 is 1.87 bits per heavy atom. The Kier molecular flexibility index (Phi) is 6.81. The molecule has 9 heteroatoms. The Hall–Kier alpha value is -3.07. The van der Waals surface area contributed by atoms with E-state index in [1.807, 2.05) is 24.3 Å². The van der Waals surface area contributed by atoms with Crippen LogP contribution < -0.4 is 25.0 Å². The molecule has 2 N–H and O–H groups in total. The summed E-state index contributed by atoms with van der Waals surface area (Å²) in [5.41, 5.74) is 1.09. The molecule has 1 fully saturated rings. The van der Waals surface area contributed by atoms with Crippen molar-refractivity contribution >= 4 is 11.9 Å². The number of piperazine rings is 1. The minimum Gasteiger partial charge on any atom is -0.454 e. The Morgan fingerprint density at radius 1 is 1.07 bits per heavy atom. The number of benzene rings is 1. The summed E-state index contributed by atoms with van der Waals surface area (Å²) in [5, 5.41) is 6.75. The highest BCUT2D eigenvalue weighted by Crippen LogP contribution is 2.32. The molecule has 2 aromatic rings. The van der Waals surface area contributed by atoms with Gasteiger partial charge < -0.3 is 25.0 Å². The molecule has 1 aromatic heterocycles. The van der Waals surface area contributed by atoms with E-state index in [0.717, 1.165) is 74.8 Å². The smallest absolute Gasteiger partial charge is 0.231 e. The van der Waals surface area contributed by atoms with Crippen LogP contribution in [-0.4, -0.2) is 73.4 Å². The minimum atomic E-state index is 0.291. The molecule has 0 spiro atoms. The van der Waals surface area contributed by atoms with E-state index in [9.17, 15) is 0 Å². The number of guanidine groups is 1. The number of aromatic nitrogens is 2. The number of hydrogen-bond donors (Lipinski definition) is 2. The predicted octanol–water partition coefficient (Wildman–Crippen LogP) is 1.08. The minimum absolute atomic E-state index is 0.291. The lowest BCUT2D eigenvalue weighted by Crippen LogP contribution is -2.49. The molecule has 9 nitrogen and oxygen atoms in total. The Labute approximate surface area is 177 Å². The van der Waals surface area contributed by atoms with Gasteiger partial charge in [0.05, 0.1) is 6.54 Å². The van der Waals surface area contributed by atoms with E-state index in [-0.39, 0.29) is 0 Å². The first-order valence-electron chi connectivity index (χ1n) is 10.5. The first-order chi connectivity index (χ1) is 14.8. The van der Waals surface area contributed by atoms with Gasteiger partial charge in [0.1, 0.15) is 0 Å². The van der Waals surface area contributed by atoms with Gasteiger partial charge >= 0.3 is 0 Å². The molecule has 1 aromatic carbocycles. The van der Waals surface area contributed by atoms with E-state index < -0.39 is 0 Å². The van der Waals surface area contributed by atoms with Gasteiger partial charge in [-0.2, -0.15) is 0 Å². The molecule has 2 aliphatic rings. The Bertz CT molecular complexity index is 839. The number of nitrogens with one attached hydrogen (secondary N) is 2. The van der Waals surface area contributed by atoms with Gasteiger partial charge in [0.15, 0.2) is 17.5 Å². The monoisotopic (exact) mass is 411 g/mol. The number of ether oxygens (including phenoxy) is 2. The number of hydrogen-bond acceptors (Lipinski definition) is 7. The van der Waals surface area contributed by atoms with Crippen LogP contribution in [-0.2, 0) is 6.54 Å². The van der Waals surface area contributed by atoms with Crippen molar-refractivity contribution in [3.63, 3.8) is 0 Å². The fraction of sp³-hybridized carbons (Fsp3) is 0.476. The molecular weight excluding hydrogens is 382 g/mol. The lowest BCUT2D eigenvalue weighted by molar-refractivity contribution is 0.174. The zero-order valence-electron chi connectivity index (χ0n) is 17.4. The molecule has 0 aliphatic carbocycles. The third-order valence-electron chi connectivity index (χ3n) is 5.13. The van der Waals surface area contributed by atoms with Crippen molar-refractivity contribution in [3.05, 3.63) is 42.2 Å². The van der Waals surface area contributed by atoms with Crippen molar-refractivity contribution in [3.8, 4) is 11.5 Å². The van der Waals surface area contributed by atoms with Crippen molar-refractivity contribution in [1.29, 1.82) is 0 Å². The fourth-order valence-electron chi connectivity index (χ4n) is 3.51. The van der Waals surface area contributed by atoms with Gasteiger partial charge in [0.2, 0.25) is 12.7 Å². The van der Waals surface area contributed by atoms with Gasteiger partial charge in [-0.1, -0.05) is 6.07 Å². The number of nitrogens with zero attached hydrogens (tertiary/aromatic N) is 5. The first-order valence-corrected chi connectivity index (χ1v) is 10.5. The predicted molar refractivity (Wildman–Crippen MR) is 116 cm³/mol. The molecular formula is C21H29N7O2. The molecule has 0 amide bonds. The van der Waals surface area contributed by atoms with Crippen LogP contribution in [0.5, 0.6) is 11.5 Å². The summed E-state index contributed by atoms with van der Waals surface area (Å²) in [6.45, 7) is 9.49. The van der Waals surface area contributed by atoms with Gasteiger partial charge in [-0.15, -0.1) is 0 Å². The first kappa shape index (κ1) is 20.2. The maximum atomic E-state index is 5.44. The fourth-order valence-corrected chi connectivity index (χ4v) is 3.51. The molecule has 2 aliphatic heterocycles. The van der Waals surface area contributed by atoms with E-state index in [1.54, 1.807) is 12.4 Å². The van der Waals surface area contributed by atoms with E-state index >= 15 is 0 Å². The van der Waals surface area contributed by atoms with Crippen LogP contribution in [0.3, 0.4) is 0 Å². The van der Waals surface area contributed by atoms with Gasteiger partial charge in [-0.3, -0.25) is 4.90 Å². The topological polar surface area (TPSA) is 87.1 Å². The van der Waals surface area contributed by atoms with Crippen LogP contribution in [0.1, 0.15) is 12.5 Å². The summed E-state index contributed by atoms with van der Waals surface area (Å²) in [4.78, 5) is 18.1. The van der Waals surface area contributed by atoms with Crippen LogP contribution in [0.15, 0.2) is 41.7 Å². The lowest BCUT2D eigenvalue weighted by atomic mass is 10.2. The highest BCUT2D eigenvalue weighted by Gasteiger charge is 2.18. The van der Waals surface area contributed by atoms with E-state index in [0.29, 0.717) is 13.3 Å². The molecule has 0 unspecified atom stereocenters. The third-order valence-corrected chi connectivity index (χ3v) is 5.13. The molecule has 160 valence electrons. The number of fused-ring (bicyclic) bond motifs is 1. The largest absolute Gasteiger partial charge is 0.454 e. The van der Waals surface area contributed by atoms with Crippen LogP contribution in [0.2, 0.25) is 0 Å². The maximum absolute atomic E-state index is 5.44. The number of rotatable bonds is 7. The summed E-state index contributed by atoms with van der Waals surface area (Å²) in [7, 11) is 0. The molecule has 0 atom stereocenters. The summed E-state index contributed by atoms with van der Waals surface area (Å²) in [5.74, 6) is 3.24. The molecule has 3 heterocycles. The highest BCUT2D eigenvalue weighted by molar-refractivity contribution is 5.79. The van der Waals surface area contributed by atoms with Crippen LogP contribution in [0, 0.1) is 0 Å². The molecule has 0 bridgehead atoms. The van der Waals surface area contributed by atoms with Gasteiger partial charge in [0.25, 0.3) is 0 Å². The summed E-state index contributed by atoms with van der Waals surface area (Å²) < 4.78 is 10.8. The van der Waals surface area contributed by atoms with Gasteiger partial charge in [0, 0.05) is 58.2 Å². The van der Waals surface area contributed by atoms with E-state index in [1.165, 1.54) is 0 Å². The van der Waals surface area contributed by atoms with Gasteiger partial charge in [-0.25, -0.2) is 15.0 Å². The van der Waals surface area contributed by atoms with E-state index in [4.69, 9.17) is 14.5 Å². The second-order valence-electron chi connectivity index (χ2n) is 7.19. The zero-order chi connectivity index (χ0) is 20.6. The average Bonchev–Trinajstić information content (AvgIpc) is 3.26. The quantitative estimate of drug-likeness (QED) is 0.517. The molecule has 1 saturated heterocycles. The van der Waals surface area contributed by atoms with Gasteiger partial charge in [-0.05, 0) is 30.7 Å². The second-order valence-corrected chi connectivity index (χ2v) is 7.19. The van der Waals surface area contributed by atoms with E-state index in [2.05, 4.69) is 37.3 Å². The normalized spacial score (nSPS) is 16.6. The van der Waals surface area contributed by atoms with Crippen molar-refractivity contribution in [2.75, 3.05) is 57.5 Å². The molecule has 30 heavy (non-hydrogen) atoms. The van der Waals surface area contributed by atoms with Crippen molar-refractivity contribution in [2.24, 2.45) is 4.99 Å². The number of anilines is 1. The Morgan fingerprint density at radius 3 is 2.67 bits per heavy atom. The van der Waals surface area contributed by atoms with Crippen molar-refractivity contribution in [1.82, 2.24) is 25.5 Å². The Balaban J connectivity index is 1.22. The van der Waals surface area contributed by atoms with Crippen LogP contribution in [0.25, 0.3) is 0 Å². The second kappa shape index (κ2) is 10.1. The highest BCUT2D eigenvalue weighted by atomic mass is 16.7. The van der Waals surface area contributed by atoms with Crippen molar-refractivity contribution in [2.45, 2.75) is 13.5 Å². The average molecular weight is 412 g/mol. The summed E-state index contributed by atoms with van der Waals surface area (Å²) in [6.07, 6.45) is 3.59. The molecule has 0 saturated carbocycles. The SMILES string of the molecule is CCNC(=NCc1ccc2c(c1)OCO2)NCCN1CCN(c2ncccn2)CC1. The lowest BCUT2D eigenvalue weighted by Gasteiger charge is -2.34. The molecule has 0 radical (unpaired) electrons. The van der Waals surface area contributed by atoms with Crippen LogP contribution in [0.4, 0.5) is 5.95 Å². The maximum Gasteiger partial charge on any atom is 0.231 e. The zero-order valence-corrected chi connectivity index (χ0v) is 17.4. The number of aliphatic imine (C=N–C) groups is 1. The third kappa shape index (κ3) is 5.29.